The maximum Gasteiger partial charge on any atom is 0.576 e. The van der Waals surface area contributed by atoms with Gasteiger partial charge in [-0.2, -0.15) is 0 Å². The SMILES string of the molecule is NC(=O)C1C(=O)C[C@@H]2[C@@H](OC(=O)CNC(=O)OC(F)(F)F)[C@@H]3Cc4cccc(O)c4C(=O)C3C(=O)[C@]2(O)C1=O. The zero-order valence-electron chi connectivity index (χ0n) is 19.5. The quantitative estimate of drug-likeness (QED) is 0.263. The van der Waals surface area contributed by atoms with E-state index in [1.165, 1.54) is 17.4 Å². The van der Waals surface area contributed by atoms with Gasteiger partial charge in [-0.1, -0.05) is 12.1 Å². The highest BCUT2D eigenvalue weighted by Gasteiger charge is 2.70. The van der Waals surface area contributed by atoms with Crippen LogP contribution < -0.4 is 11.1 Å². The van der Waals surface area contributed by atoms with Gasteiger partial charge < -0.3 is 30.7 Å². The first-order chi connectivity index (χ1) is 18.1. The highest BCUT2D eigenvalue weighted by atomic mass is 19.4. The summed E-state index contributed by atoms with van der Waals surface area (Å²) in [7, 11) is 0. The molecule has 2 fully saturated rings. The molecule has 2 unspecified atom stereocenters. The Balaban J connectivity index is 1.73. The van der Waals surface area contributed by atoms with Gasteiger partial charge in [-0.15, -0.1) is 13.2 Å². The molecule has 208 valence electrons. The van der Waals surface area contributed by atoms with Gasteiger partial charge in [0.25, 0.3) is 0 Å². The molecule has 1 aromatic carbocycles. The van der Waals surface area contributed by atoms with Crippen LogP contribution >= 0.6 is 0 Å². The third-order valence-electron chi connectivity index (χ3n) is 7.07. The number of esters is 1. The molecular formula is C23H19F3N2O11. The molecule has 0 heterocycles. The topological polar surface area (TPSA) is 216 Å². The summed E-state index contributed by atoms with van der Waals surface area (Å²) in [6.45, 7) is -1.21. The molecule has 0 radical (unpaired) electrons. The predicted octanol–water partition coefficient (Wildman–Crippen LogP) is -0.905. The molecule has 2 saturated carbocycles. The van der Waals surface area contributed by atoms with Crippen molar-refractivity contribution in [3.8, 4) is 5.75 Å². The molecule has 1 aromatic rings. The average molecular weight is 556 g/mol. The van der Waals surface area contributed by atoms with Crippen molar-refractivity contribution in [1.82, 2.24) is 5.32 Å². The smallest absolute Gasteiger partial charge is 0.507 e. The summed E-state index contributed by atoms with van der Waals surface area (Å²) >= 11 is 0. The second kappa shape index (κ2) is 9.44. The van der Waals surface area contributed by atoms with Crippen LogP contribution in [0.15, 0.2) is 18.2 Å². The van der Waals surface area contributed by atoms with Gasteiger partial charge in [0.05, 0.1) is 11.5 Å². The predicted molar refractivity (Wildman–Crippen MR) is 114 cm³/mol. The fraction of sp³-hybridized carbons (Fsp3) is 0.435. The number of fused-ring (bicyclic) bond motifs is 3. The number of halogens is 3. The molecule has 3 aliphatic carbocycles. The van der Waals surface area contributed by atoms with Crippen LogP contribution in [-0.4, -0.2) is 75.9 Å². The number of nitrogens with one attached hydrogen (secondary N) is 1. The van der Waals surface area contributed by atoms with E-state index in [9.17, 15) is 56.9 Å². The lowest BCUT2D eigenvalue weighted by atomic mass is 9.52. The summed E-state index contributed by atoms with van der Waals surface area (Å²) in [5.41, 5.74) is 1.84. The first-order valence-electron chi connectivity index (χ1n) is 11.3. The van der Waals surface area contributed by atoms with Crippen molar-refractivity contribution in [3.63, 3.8) is 0 Å². The Labute approximate surface area is 215 Å². The molecule has 0 aromatic heterocycles. The summed E-state index contributed by atoms with van der Waals surface area (Å²) in [5, 5.41) is 23.1. The Morgan fingerprint density at radius 3 is 2.38 bits per heavy atom. The highest BCUT2D eigenvalue weighted by molar-refractivity contribution is 6.31. The lowest BCUT2D eigenvalue weighted by Crippen LogP contribution is -2.72. The van der Waals surface area contributed by atoms with Crippen molar-refractivity contribution in [2.24, 2.45) is 29.4 Å². The van der Waals surface area contributed by atoms with Gasteiger partial charge >= 0.3 is 18.4 Å². The van der Waals surface area contributed by atoms with E-state index >= 15 is 0 Å². The van der Waals surface area contributed by atoms with E-state index in [0.29, 0.717) is 0 Å². The van der Waals surface area contributed by atoms with Crippen LogP contribution in [0.2, 0.25) is 0 Å². The Kier molecular flexibility index (Phi) is 6.70. The molecule has 3 aliphatic rings. The molecule has 0 saturated heterocycles. The first-order valence-corrected chi connectivity index (χ1v) is 11.3. The van der Waals surface area contributed by atoms with Crippen LogP contribution in [0.25, 0.3) is 0 Å². The molecule has 16 heteroatoms. The second-order valence-electron chi connectivity index (χ2n) is 9.27. The van der Waals surface area contributed by atoms with Crippen molar-refractivity contribution in [2.75, 3.05) is 6.54 Å². The van der Waals surface area contributed by atoms with E-state index in [0.717, 1.165) is 6.07 Å². The number of nitrogens with two attached hydrogens (primary N) is 1. The zero-order chi connectivity index (χ0) is 29.0. The van der Waals surface area contributed by atoms with Gasteiger partial charge in [0.1, 0.15) is 18.4 Å². The number of alkyl carbamates (subject to hydrolysis) is 1. The zero-order valence-corrected chi connectivity index (χ0v) is 19.5. The monoisotopic (exact) mass is 556 g/mol. The van der Waals surface area contributed by atoms with Crippen LogP contribution in [-0.2, 0) is 39.9 Å². The third kappa shape index (κ3) is 4.60. The Bertz CT molecular complexity index is 1330. The lowest BCUT2D eigenvalue weighted by molar-refractivity contribution is -0.291. The fourth-order valence-corrected chi connectivity index (χ4v) is 5.54. The summed E-state index contributed by atoms with van der Waals surface area (Å²) in [6, 6.07) is 3.95. The van der Waals surface area contributed by atoms with E-state index in [4.69, 9.17) is 10.5 Å². The minimum atomic E-state index is -5.36. The van der Waals surface area contributed by atoms with Gasteiger partial charge in [-0.25, -0.2) is 4.79 Å². The number of hydrogen-bond donors (Lipinski definition) is 4. The van der Waals surface area contributed by atoms with Gasteiger partial charge in [0, 0.05) is 18.3 Å². The number of Topliss-reactive ketones (excluding diaryl/α,β-unsaturated/α-hetero) is 4. The lowest BCUT2D eigenvalue weighted by Gasteiger charge is -2.52. The van der Waals surface area contributed by atoms with Crippen LogP contribution in [0.4, 0.5) is 18.0 Å². The number of primary amides is 1. The first kappa shape index (κ1) is 27.7. The molecule has 0 aliphatic heterocycles. The van der Waals surface area contributed by atoms with E-state index in [2.05, 4.69) is 4.74 Å². The van der Waals surface area contributed by atoms with Gasteiger partial charge in [-0.3, -0.25) is 28.8 Å². The fourth-order valence-electron chi connectivity index (χ4n) is 5.54. The molecule has 4 rings (SSSR count). The summed E-state index contributed by atoms with van der Waals surface area (Å²) in [5.74, 6) is -15.8. The van der Waals surface area contributed by atoms with Crippen molar-refractivity contribution < 1.29 is 66.4 Å². The number of hydrogen-bond acceptors (Lipinski definition) is 11. The molecule has 5 N–H and O–H groups in total. The largest absolute Gasteiger partial charge is 0.576 e. The molecule has 2 amide bonds. The normalized spacial score (nSPS) is 30.0. The van der Waals surface area contributed by atoms with Crippen LogP contribution in [0.3, 0.4) is 0 Å². The summed E-state index contributed by atoms with van der Waals surface area (Å²) in [4.78, 5) is 88.3. The van der Waals surface area contributed by atoms with Gasteiger partial charge in [0.2, 0.25) is 5.91 Å². The summed E-state index contributed by atoms with van der Waals surface area (Å²) in [6.07, 6.45) is -10.3. The van der Waals surface area contributed by atoms with E-state index < -0.39 is 102 Å². The Hall–Kier alpha value is -4.34. The number of alkyl halides is 3. The number of phenols is 1. The van der Waals surface area contributed by atoms with Crippen LogP contribution in [0, 0.1) is 23.7 Å². The van der Waals surface area contributed by atoms with Crippen molar-refractivity contribution in [1.29, 1.82) is 0 Å². The van der Waals surface area contributed by atoms with Gasteiger partial charge in [-0.05, 0) is 18.1 Å². The molecule has 13 nitrogen and oxygen atoms in total. The number of carbonyl (C=O) groups is 7. The van der Waals surface area contributed by atoms with Gasteiger partial charge in [0.15, 0.2) is 34.7 Å². The number of carbonyl (C=O) groups excluding carboxylic acids is 7. The minimum Gasteiger partial charge on any atom is -0.507 e. The minimum absolute atomic E-state index is 0.205. The maximum absolute atomic E-state index is 13.6. The van der Waals surface area contributed by atoms with E-state index in [1.807, 2.05) is 0 Å². The van der Waals surface area contributed by atoms with E-state index in [-0.39, 0.29) is 17.5 Å². The number of phenolic OH excluding ortho intramolecular Hbond substituents is 1. The molecular weight excluding hydrogens is 537 g/mol. The Morgan fingerprint density at radius 2 is 1.77 bits per heavy atom. The third-order valence-corrected chi connectivity index (χ3v) is 7.07. The number of benzene rings is 1. The number of ether oxygens (including phenoxy) is 2. The standard InChI is InChI=1S/C23H19F3N2O11/c24-23(25,26)39-21(36)28-6-12(31)38-17-8-4-7-2-1-3-10(29)13(7)16(32)14(8)18(33)22(37)9(17)5-11(30)15(19(22)34)20(27)35/h1-3,8-9,14-15,17,29,37H,4-6H2,(H2,27,35)(H,28,36)/t8-,9-,14?,15?,17+,22+/m1/s1. The maximum atomic E-state index is 13.6. The van der Waals surface area contributed by atoms with Crippen molar-refractivity contribution in [3.05, 3.63) is 29.3 Å². The molecule has 0 bridgehead atoms. The number of rotatable bonds is 4. The number of aliphatic hydroxyl groups is 1. The van der Waals surface area contributed by atoms with Crippen LogP contribution in [0.1, 0.15) is 22.3 Å². The van der Waals surface area contributed by atoms with Crippen LogP contribution in [0.5, 0.6) is 5.75 Å². The number of amides is 2. The number of aromatic hydroxyl groups is 1. The van der Waals surface area contributed by atoms with E-state index in [1.54, 1.807) is 0 Å². The van der Waals surface area contributed by atoms with Crippen molar-refractivity contribution in [2.45, 2.75) is 30.9 Å². The molecule has 6 atom stereocenters. The second-order valence-corrected chi connectivity index (χ2v) is 9.27. The van der Waals surface area contributed by atoms with Crippen molar-refractivity contribution >= 4 is 41.1 Å². The molecule has 39 heavy (non-hydrogen) atoms. The molecule has 0 spiro atoms. The number of ketones is 4. The average Bonchev–Trinajstić information content (AvgIpc) is 2.81. The Morgan fingerprint density at radius 1 is 1.10 bits per heavy atom. The highest BCUT2D eigenvalue weighted by Crippen LogP contribution is 2.51. The summed E-state index contributed by atoms with van der Waals surface area (Å²) < 4.78 is 44.9.